The van der Waals surface area contributed by atoms with E-state index in [9.17, 15) is 0 Å². The van der Waals surface area contributed by atoms with Crippen LogP contribution in [0.5, 0.6) is 0 Å². The number of benzene rings is 6. The van der Waals surface area contributed by atoms with E-state index < -0.39 is 5.41 Å². The van der Waals surface area contributed by atoms with Crippen molar-refractivity contribution in [2.24, 2.45) is 0 Å². The molecule has 1 aliphatic carbocycles. The molecule has 6 aromatic carbocycles. The van der Waals surface area contributed by atoms with Crippen molar-refractivity contribution in [2.75, 3.05) is 0 Å². The molecule has 1 aliphatic rings. The lowest BCUT2D eigenvalue weighted by Crippen LogP contribution is -2.29. The second-order valence-corrected chi connectivity index (χ2v) is 10.0. The highest BCUT2D eigenvalue weighted by molar-refractivity contribution is 6.10. The normalized spacial score (nSPS) is 13.5. The molecule has 178 valence electrons. The monoisotopic (exact) mass is 484 g/mol. The van der Waals surface area contributed by atoms with Crippen LogP contribution in [0.25, 0.3) is 44.2 Å². The molecule has 0 unspecified atom stereocenters. The van der Waals surface area contributed by atoms with Gasteiger partial charge in [-0.25, -0.2) is 0 Å². The lowest BCUT2D eigenvalue weighted by Gasteiger charge is -2.35. The van der Waals surface area contributed by atoms with Gasteiger partial charge in [-0.2, -0.15) is 0 Å². The van der Waals surface area contributed by atoms with Crippen molar-refractivity contribution >= 4 is 21.9 Å². The Labute approximate surface area is 221 Å². The van der Waals surface area contributed by atoms with Crippen LogP contribution in [0, 0.1) is 0 Å². The third-order valence-corrected chi connectivity index (χ3v) is 8.18. The first kappa shape index (κ1) is 21.2. The average Bonchev–Trinajstić information content (AvgIpc) is 3.52. The predicted octanol–water partition coefficient (Wildman–Crippen LogP) is 9.62. The highest BCUT2D eigenvalue weighted by atomic mass is 16.3. The molecule has 1 heterocycles. The van der Waals surface area contributed by atoms with E-state index in [-0.39, 0.29) is 0 Å². The molecule has 7 aromatic rings. The zero-order chi connectivity index (χ0) is 25.1. The molecule has 0 saturated carbocycles. The summed E-state index contributed by atoms with van der Waals surface area (Å²) in [6, 6.07) is 52.5. The smallest absolute Gasteiger partial charge is 0.143 e. The van der Waals surface area contributed by atoms with Crippen LogP contribution >= 0.6 is 0 Å². The maximum absolute atomic E-state index is 6.53. The summed E-state index contributed by atoms with van der Waals surface area (Å²) in [5.74, 6) is 0. The zero-order valence-corrected chi connectivity index (χ0v) is 20.8. The number of fused-ring (bicyclic) bond motifs is 6. The lowest BCUT2D eigenvalue weighted by atomic mass is 9.66. The number of hydrogen-bond donors (Lipinski definition) is 0. The fourth-order valence-corrected chi connectivity index (χ4v) is 6.68. The minimum absolute atomic E-state index is 0.459. The van der Waals surface area contributed by atoms with Crippen LogP contribution in [0.4, 0.5) is 0 Å². The van der Waals surface area contributed by atoms with Gasteiger partial charge in [0, 0.05) is 16.3 Å². The Kier molecular flexibility index (Phi) is 4.50. The molecule has 0 fully saturated rings. The average molecular weight is 485 g/mol. The van der Waals surface area contributed by atoms with E-state index in [1.165, 1.54) is 38.9 Å². The van der Waals surface area contributed by atoms with Gasteiger partial charge >= 0.3 is 0 Å². The summed E-state index contributed by atoms with van der Waals surface area (Å²) in [5.41, 5.74) is 11.4. The number of hydrogen-bond acceptors (Lipinski definition) is 1. The molecule has 0 aliphatic heterocycles. The Bertz CT molecular complexity index is 1930. The van der Waals surface area contributed by atoms with Gasteiger partial charge in [0.1, 0.15) is 11.2 Å². The maximum atomic E-state index is 6.53. The molecule has 8 rings (SSSR count). The quantitative estimate of drug-likeness (QED) is 0.243. The van der Waals surface area contributed by atoms with Crippen LogP contribution in [0.1, 0.15) is 22.3 Å². The van der Waals surface area contributed by atoms with Gasteiger partial charge in [0.15, 0.2) is 0 Å². The van der Waals surface area contributed by atoms with Crippen molar-refractivity contribution in [3.8, 4) is 22.3 Å². The Morgan fingerprint density at radius 1 is 0.368 bits per heavy atom. The van der Waals surface area contributed by atoms with Gasteiger partial charge in [-0.3, -0.25) is 0 Å². The van der Waals surface area contributed by atoms with E-state index in [1.807, 2.05) is 6.07 Å². The van der Waals surface area contributed by atoms with Crippen molar-refractivity contribution in [3.63, 3.8) is 0 Å². The van der Waals surface area contributed by atoms with Gasteiger partial charge in [0.05, 0.1) is 5.41 Å². The fraction of sp³-hybridized carbons (Fsp3) is 0.0270. The molecule has 0 amide bonds. The van der Waals surface area contributed by atoms with E-state index in [0.717, 1.165) is 27.5 Å². The van der Waals surface area contributed by atoms with Crippen LogP contribution in [0.2, 0.25) is 0 Å². The summed E-state index contributed by atoms with van der Waals surface area (Å²) in [6.45, 7) is 0. The Balaban J connectivity index is 1.53. The van der Waals surface area contributed by atoms with Crippen LogP contribution in [0.15, 0.2) is 150 Å². The van der Waals surface area contributed by atoms with Gasteiger partial charge in [-0.15, -0.1) is 0 Å². The molecule has 0 atom stereocenters. The minimum Gasteiger partial charge on any atom is -0.455 e. The van der Waals surface area contributed by atoms with E-state index in [1.54, 1.807) is 0 Å². The van der Waals surface area contributed by atoms with Crippen LogP contribution in [0.3, 0.4) is 0 Å². The van der Waals surface area contributed by atoms with Crippen LogP contribution in [-0.4, -0.2) is 0 Å². The summed E-state index contributed by atoms with van der Waals surface area (Å²) < 4.78 is 6.53. The fourth-order valence-electron chi connectivity index (χ4n) is 6.68. The number of para-hydroxylation sites is 2. The zero-order valence-electron chi connectivity index (χ0n) is 20.8. The first-order valence-electron chi connectivity index (χ1n) is 13.1. The highest BCUT2D eigenvalue weighted by Gasteiger charge is 2.47. The van der Waals surface area contributed by atoms with E-state index >= 15 is 0 Å². The maximum Gasteiger partial charge on any atom is 0.143 e. The van der Waals surface area contributed by atoms with Gasteiger partial charge in [0.25, 0.3) is 0 Å². The van der Waals surface area contributed by atoms with Crippen LogP contribution < -0.4 is 0 Å². The van der Waals surface area contributed by atoms with Crippen molar-refractivity contribution in [1.29, 1.82) is 0 Å². The molecule has 0 saturated heterocycles. The highest BCUT2D eigenvalue weighted by Crippen LogP contribution is 2.57. The molecule has 1 aromatic heterocycles. The SMILES string of the molecule is c1ccc(C2(c3ccccc3-c3cccc4c3oc3ccccc34)c3ccccc3-c3ccccc32)cc1. The number of rotatable bonds is 3. The molecule has 0 radical (unpaired) electrons. The Morgan fingerprint density at radius 2 is 0.842 bits per heavy atom. The van der Waals surface area contributed by atoms with E-state index in [2.05, 4.69) is 140 Å². The number of furan rings is 1. The van der Waals surface area contributed by atoms with Gasteiger partial charge in [-0.05, 0) is 45.0 Å². The first-order chi connectivity index (χ1) is 18.9. The van der Waals surface area contributed by atoms with E-state index in [0.29, 0.717) is 0 Å². The van der Waals surface area contributed by atoms with Crippen LogP contribution in [-0.2, 0) is 5.41 Å². The van der Waals surface area contributed by atoms with Gasteiger partial charge in [-0.1, -0.05) is 140 Å². The summed E-state index contributed by atoms with van der Waals surface area (Å²) in [5, 5.41) is 2.30. The van der Waals surface area contributed by atoms with Gasteiger partial charge < -0.3 is 4.42 Å². The first-order valence-corrected chi connectivity index (χ1v) is 13.1. The van der Waals surface area contributed by atoms with Gasteiger partial charge in [0.2, 0.25) is 0 Å². The Morgan fingerprint density at radius 3 is 1.50 bits per heavy atom. The predicted molar refractivity (Wildman–Crippen MR) is 156 cm³/mol. The minimum atomic E-state index is -0.459. The lowest BCUT2D eigenvalue weighted by molar-refractivity contribution is 0.669. The largest absolute Gasteiger partial charge is 0.455 e. The van der Waals surface area contributed by atoms with Crippen molar-refractivity contribution in [3.05, 3.63) is 168 Å². The Hall–Kier alpha value is -4.88. The van der Waals surface area contributed by atoms with Crippen molar-refractivity contribution in [2.45, 2.75) is 5.41 Å². The van der Waals surface area contributed by atoms with Crippen molar-refractivity contribution in [1.82, 2.24) is 0 Å². The second kappa shape index (κ2) is 8.06. The third kappa shape index (κ3) is 2.76. The van der Waals surface area contributed by atoms with E-state index in [4.69, 9.17) is 4.42 Å². The summed E-state index contributed by atoms with van der Waals surface area (Å²) in [4.78, 5) is 0. The molecule has 38 heavy (non-hydrogen) atoms. The molecular formula is C37H24O. The summed E-state index contributed by atoms with van der Waals surface area (Å²) in [7, 11) is 0. The molecular weight excluding hydrogens is 460 g/mol. The second-order valence-electron chi connectivity index (χ2n) is 10.0. The molecule has 1 nitrogen and oxygen atoms in total. The molecule has 1 heteroatoms. The molecule has 0 bridgehead atoms. The molecule has 0 N–H and O–H groups in total. The van der Waals surface area contributed by atoms with Crippen molar-refractivity contribution < 1.29 is 4.42 Å². The molecule has 0 spiro atoms. The summed E-state index contributed by atoms with van der Waals surface area (Å²) >= 11 is 0. The topological polar surface area (TPSA) is 13.1 Å². The standard InChI is InChI=1S/C37H24O/c1-2-13-25(14-3-1)37(32-21-8-4-15-26(32)27-16-5-9-22-33(27)37)34-23-10-6-17-28(34)30-19-12-20-31-29-18-7-11-24-35(29)38-36(30)31/h1-24H. The summed E-state index contributed by atoms with van der Waals surface area (Å²) in [6.07, 6.45) is 0. The third-order valence-electron chi connectivity index (χ3n) is 8.18.